The van der Waals surface area contributed by atoms with E-state index in [1.807, 2.05) is 20.8 Å². The van der Waals surface area contributed by atoms with Crippen molar-refractivity contribution in [1.29, 1.82) is 0 Å². The molecule has 1 aliphatic rings. The van der Waals surface area contributed by atoms with Crippen molar-refractivity contribution in [1.82, 2.24) is 0 Å². The highest BCUT2D eigenvalue weighted by Gasteiger charge is 2.32. The molecule has 14 heavy (non-hydrogen) atoms. The number of aliphatic carboxylic acids is 1. The molecule has 78 valence electrons. The first-order valence-electron chi connectivity index (χ1n) is 5.04. The van der Waals surface area contributed by atoms with Gasteiger partial charge in [0.05, 0.1) is 0 Å². The van der Waals surface area contributed by atoms with Crippen LogP contribution in [0.1, 0.15) is 40.5 Å². The molecule has 2 heteroatoms. The molecule has 0 saturated heterocycles. The second kappa shape index (κ2) is 3.60. The monoisotopic (exact) mass is 194 g/mol. The first-order valence-corrected chi connectivity index (χ1v) is 5.04. The van der Waals surface area contributed by atoms with Crippen LogP contribution >= 0.6 is 0 Å². The fourth-order valence-electron chi connectivity index (χ4n) is 2.16. The van der Waals surface area contributed by atoms with Crippen LogP contribution in [0.4, 0.5) is 0 Å². The van der Waals surface area contributed by atoms with E-state index < -0.39 is 5.97 Å². The predicted molar refractivity (Wildman–Crippen MR) is 57.1 cm³/mol. The Kier molecular flexibility index (Phi) is 2.84. The van der Waals surface area contributed by atoms with Crippen LogP contribution in [0.25, 0.3) is 0 Å². The zero-order valence-corrected chi connectivity index (χ0v) is 9.35. The van der Waals surface area contributed by atoms with E-state index in [1.165, 1.54) is 5.57 Å². The molecule has 0 aromatic rings. The molecule has 2 nitrogen and oxygen atoms in total. The maximum Gasteiger partial charge on any atom is 0.332 e. The Morgan fingerprint density at radius 1 is 1.57 bits per heavy atom. The highest BCUT2D eigenvalue weighted by atomic mass is 16.4. The molecule has 0 spiro atoms. The second-order valence-electron chi connectivity index (χ2n) is 4.48. The van der Waals surface area contributed by atoms with Crippen molar-refractivity contribution < 1.29 is 9.90 Å². The molecule has 0 fully saturated rings. The highest BCUT2D eigenvalue weighted by molar-refractivity contribution is 5.90. The smallest absolute Gasteiger partial charge is 0.332 e. The van der Waals surface area contributed by atoms with Crippen molar-refractivity contribution in [3.8, 4) is 0 Å². The summed E-state index contributed by atoms with van der Waals surface area (Å²) in [6.07, 6.45) is 3.91. The molecule has 0 aromatic carbocycles. The van der Waals surface area contributed by atoms with E-state index in [4.69, 9.17) is 0 Å². The highest BCUT2D eigenvalue weighted by Crippen LogP contribution is 2.40. The van der Waals surface area contributed by atoms with E-state index in [-0.39, 0.29) is 5.41 Å². The number of hydrogen-bond donors (Lipinski definition) is 1. The molecule has 1 N–H and O–H groups in total. The minimum Gasteiger partial charge on any atom is -0.478 e. The normalized spacial score (nSPS) is 20.7. The quantitative estimate of drug-likeness (QED) is 0.733. The minimum atomic E-state index is -0.772. The van der Waals surface area contributed by atoms with Crippen LogP contribution in [-0.4, -0.2) is 11.1 Å². The lowest BCUT2D eigenvalue weighted by molar-refractivity contribution is -0.133. The average Bonchev–Trinajstić information content (AvgIpc) is 2.02. The van der Waals surface area contributed by atoms with Crippen molar-refractivity contribution >= 4 is 5.97 Å². The number of rotatable bonds is 2. The molecule has 0 radical (unpaired) electrons. The summed E-state index contributed by atoms with van der Waals surface area (Å²) in [6, 6.07) is 0. The van der Waals surface area contributed by atoms with Crippen LogP contribution in [0.3, 0.4) is 0 Å². The average molecular weight is 194 g/mol. The van der Waals surface area contributed by atoms with E-state index in [0.29, 0.717) is 5.57 Å². The third-order valence-electron chi connectivity index (χ3n) is 2.99. The largest absolute Gasteiger partial charge is 0.478 e. The van der Waals surface area contributed by atoms with Gasteiger partial charge in [-0.25, -0.2) is 4.79 Å². The number of carboxylic acids is 1. The summed E-state index contributed by atoms with van der Waals surface area (Å²) in [5.74, 6) is -0.772. The topological polar surface area (TPSA) is 37.3 Å². The van der Waals surface area contributed by atoms with Gasteiger partial charge in [0.1, 0.15) is 0 Å². The zero-order chi connectivity index (χ0) is 10.9. The van der Waals surface area contributed by atoms with Gasteiger partial charge in [0.2, 0.25) is 0 Å². The van der Waals surface area contributed by atoms with Gasteiger partial charge in [0.25, 0.3) is 0 Å². The molecule has 0 aliphatic heterocycles. The van der Waals surface area contributed by atoms with Crippen molar-refractivity contribution in [3.63, 3.8) is 0 Å². The first-order chi connectivity index (χ1) is 6.40. The van der Waals surface area contributed by atoms with Crippen LogP contribution in [0.5, 0.6) is 0 Å². The predicted octanol–water partition coefficient (Wildman–Crippen LogP) is 3.15. The van der Waals surface area contributed by atoms with Crippen LogP contribution in [0.2, 0.25) is 0 Å². The summed E-state index contributed by atoms with van der Waals surface area (Å²) in [6.45, 7) is 7.96. The fourth-order valence-corrected chi connectivity index (χ4v) is 2.16. The summed E-state index contributed by atoms with van der Waals surface area (Å²) in [5.41, 5.74) is 2.49. The van der Waals surface area contributed by atoms with Gasteiger partial charge in [0, 0.05) is 11.0 Å². The molecular weight excluding hydrogens is 176 g/mol. The van der Waals surface area contributed by atoms with Crippen molar-refractivity contribution in [2.24, 2.45) is 5.41 Å². The molecule has 0 aromatic heterocycles. The third-order valence-corrected chi connectivity index (χ3v) is 2.99. The summed E-state index contributed by atoms with van der Waals surface area (Å²) < 4.78 is 0. The van der Waals surface area contributed by atoms with Gasteiger partial charge >= 0.3 is 5.97 Å². The Labute approximate surface area is 85.3 Å². The van der Waals surface area contributed by atoms with E-state index in [2.05, 4.69) is 13.0 Å². The molecule has 0 saturated carbocycles. The van der Waals surface area contributed by atoms with Crippen LogP contribution in [0.15, 0.2) is 22.8 Å². The van der Waals surface area contributed by atoms with Gasteiger partial charge in [-0.15, -0.1) is 0 Å². The Bertz CT molecular complexity index is 319. The second-order valence-corrected chi connectivity index (χ2v) is 4.48. The molecule has 1 aliphatic carbocycles. The maximum atomic E-state index is 11.2. The minimum absolute atomic E-state index is 0.228. The summed E-state index contributed by atoms with van der Waals surface area (Å²) >= 11 is 0. The zero-order valence-electron chi connectivity index (χ0n) is 9.35. The van der Waals surface area contributed by atoms with Gasteiger partial charge < -0.3 is 5.11 Å². The van der Waals surface area contributed by atoms with Crippen LogP contribution in [0, 0.1) is 5.41 Å². The van der Waals surface area contributed by atoms with Gasteiger partial charge in [0.15, 0.2) is 0 Å². The first kappa shape index (κ1) is 11.0. The fraction of sp³-hybridized carbons (Fsp3) is 0.583. The molecule has 1 rings (SSSR count). The van der Waals surface area contributed by atoms with Gasteiger partial charge in [-0.05, 0) is 30.9 Å². The third kappa shape index (κ3) is 1.74. The Hall–Kier alpha value is -1.05. The molecule has 0 unspecified atom stereocenters. The lowest BCUT2D eigenvalue weighted by atomic mass is 9.73. The van der Waals surface area contributed by atoms with Gasteiger partial charge in [-0.1, -0.05) is 26.8 Å². The molecular formula is C12H18O2. The standard InChI is InChI=1S/C12H18O2/c1-5-9-6-7-12(3,4)10(8(9)2)11(13)14/h6H,5,7H2,1-4H3,(H,13,14). The van der Waals surface area contributed by atoms with Crippen molar-refractivity contribution in [3.05, 3.63) is 22.8 Å². The van der Waals surface area contributed by atoms with Crippen molar-refractivity contribution in [2.45, 2.75) is 40.5 Å². The number of hydrogen-bond acceptors (Lipinski definition) is 1. The summed E-state index contributed by atoms with van der Waals surface area (Å²) in [5, 5.41) is 9.17. The van der Waals surface area contributed by atoms with Gasteiger partial charge in [-0.3, -0.25) is 0 Å². The van der Waals surface area contributed by atoms with E-state index in [9.17, 15) is 9.90 Å². The maximum absolute atomic E-state index is 11.2. The Morgan fingerprint density at radius 3 is 2.57 bits per heavy atom. The Balaban J connectivity index is 3.24. The number of allylic oxidation sites excluding steroid dienone is 3. The lowest BCUT2D eigenvalue weighted by Gasteiger charge is -2.31. The van der Waals surface area contributed by atoms with Crippen LogP contribution in [-0.2, 0) is 4.79 Å². The van der Waals surface area contributed by atoms with Crippen molar-refractivity contribution in [2.75, 3.05) is 0 Å². The van der Waals surface area contributed by atoms with E-state index in [0.717, 1.165) is 18.4 Å². The number of carboxylic acid groups (broad SMARTS) is 1. The van der Waals surface area contributed by atoms with E-state index in [1.54, 1.807) is 0 Å². The molecule has 0 atom stereocenters. The number of carbonyl (C=O) groups is 1. The van der Waals surface area contributed by atoms with Crippen LogP contribution < -0.4 is 0 Å². The van der Waals surface area contributed by atoms with Gasteiger partial charge in [-0.2, -0.15) is 0 Å². The summed E-state index contributed by atoms with van der Waals surface area (Å²) in [4.78, 5) is 11.2. The molecule has 0 heterocycles. The van der Waals surface area contributed by atoms with E-state index >= 15 is 0 Å². The SMILES string of the molecule is CCC1=CCC(C)(C)C(C(=O)O)=C1C. The molecule has 0 bridgehead atoms. The lowest BCUT2D eigenvalue weighted by Crippen LogP contribution is -2.25. The Morgan fingerprint density at radius 2 is 2.14 bits per heavy atom. The summed E-state index contributed by atoms with van der Waals surface area (Å²) in [7, 11) is 0. The molecule has 0 amide bonds.